The molecule has 0 saturated heterocycles. The van der Waals surface area contributed by atoms with Gasteiger partial charge < -0.3 is 15.7 Å². The Hall–Kier alpha value is -1.96. The molecule has 110 valence electrons. The molecule has 2 amide bonds. The van der Waals surface area contributed by atoms with Crippen LogP contribution in [0.2, 0.25) is 0 Å². The lowest BCUT2D eigenvalue weighted by atomic mass is 10.1. The minimum Gasteiger partial charge on any atom is -0.478 e. The number of rotatable bonds is 6. The van der Waals surface area contributed by atoms with Crippen LogP contribution in [-0.2, 0) is 10.8 Å². The van der Waals surface area contributed by atoms with Gasteiger partial charge in [-0.3, -0.25) is 4.21 Å². The van der Waals surface area contributed by atoms with Crippen molar-refractivity contribution >= 4 is 28.5 Å². The van der Waals surface area contributed by atoms with Gasteiger partial charge in [-0.05, 0) is 12.1 Å². The Kier molecular flexibility index (Phi) is 6.10. The van der Waals surface area contributed by atoms with E-state index in [-0.39, 0.29) is 12.2 Å². The number of benzene rings is 1. The fourth-order valence-corrected chi connectivity index (χ4v) is 2.05. The number of carbonyl (C=O) groups excluding carboxylic acids is 1. The maximum Gasteiger partial charge on any atom is 0.340 e. The number of urea groups is 1. The molecule has 0 aliphatic heterocycles. The molecule has 8 heteroatoms. The van der Waals surface area contributed by atoms with E-state index in [4.69, 9.17) is 5.11 Å². The lowest BCUT2D eigenvalue weighted by molar-refractivity contribution is 0.0693. The largest absolute Gasteiger partial charge is 0.478 e. The van der Waals surface area contributed by atoms with Crippen molar-refractivity contribution in [3.63, 3.8) is 0 Å². The topological polar surface area (TPSA) is 95.5 Å². The Morgan fingerprint density at radius 1 is 1.40 bits per heavy atom. The van der Waals surface area contributed by atoms with Crippen molar-refractivity contribution in [2.45, 2.75) is 6.92 Å². The van der Waals surface area contributed by atoms with E-state index in [2.05, 4.69) is 10.6 Å². The number of anilines is 1. The molecule has 1 aromatic carbocycles. The van der Waals surface area contributed by atoms with Crippen molar-refractivity contribution in [3.05, 3.63) is 29.6 Å². The molecule has 0 spiro atoms. The second-order valence-corrected chi connectivity index (χ2v) is 5.65. The van der Waals surface area contributed by atoms with Crippen molar-refractivity contribution in [3.8, 4) is 0 Å². The van der Waals surface area contributed by atoms with Crippen LogP contribution < -0.4 is 10.6 Å². The minimum atomic E-state index is -1.47. The molecule has 1 unspecified atom stereocenters. The summed E-state index contributed by atoms with van der Waals surface area (Å²) >= 11 is 0. The summed E-state index contributed by atoms with van der Waals surface area (Å²) in [6.07, 6.45) is 0. The van der Waals surface area contributed by atoms with Crippen LogP contribution in [-0.4, -0.2) is 39.4 Å². The molecule has 0 bridgehead atoms. The fourth-order valence-electron chi connectivity index (χ4n) is 1.43. The molecular formula is C12H15FN2O4S. The van der Waals surface area contributed by atoms with E-state index < -0.39 is 34.2 Å². The molecule has 20 heavy (non-hydrogen) atoms. The van der Waals surface area contributed by atoms with Gasteiger partial charge in [-0.25, -0.2) is 14.0 Å². The van der Waals surface area contributed by atoms with Gasteiger partial charge >= 0.3 is 12.0 Å². The molecule has 0 aliphatic carbocycles. The van der Waals surface area contributed by atoms with Gasteiger partial charge in [0.25, 0.3) is 0 Å². The average Bonchev–Trinajstić information content (AvgIpc) is 2.38. The van der Waals surface area contributed by atoms with Crippen LogP contribution in [0.5, 0.6) is 0 Å². The van der Waals surface area contributed by atoms with Gasteiger partial charge in [0.2, 0.25) is 0 Å². The Morgan fingerprint density at radius 3 is 2.70 bits per heavy atom. The number of amides is 2. The van der Waals surface area contributed by atoms with Crippen LogP contribution in [0.15, 0.2) is 18.2 Å². The standard InChI is InChI=1S/C12H15FN2O4S/c1-2-20(19)7-6-14-12(18)15-9-5-3-4-8(13)10(9)11(16)17/h3-5H,2,6-7H2,1H3,(H,16,17)(H2,14,15,18). The molecule has 0 saturated carbocycles. The van der Waals surface area contributed by atoms with Crippen LogP contribution >= 0.6 is 0 Å². The minimum absolute atomic E-state index is 0.133. The van der Waals surface area contributed by atoms with E-state index in [1.807, 2.05) is 0 Å². The Morgan fingerprint density at radius 2 is 2.10 bits per heavy atom. The molecular weight excluding hydrogens is 287 g/mol. The number of carboxylic acid groups (broad SMARTS) is 1. The SMILES string of the molecule is CCS(=O)CCNC(=O)Nc1cccc(F)c1C(=O)O. The number of aromatic carboxylic acids is 1. The molecule has 0 heterocycles. The molecule has 1 rings (SSSR count). The van der Waals surface area contributed by atoms with E-state index in [0.29, 0.717) is 11.5 Å². The summed E-state index contributed by atoms with van der Waals surface area (Å²) in [5, 5.41) is 13.6. The molecule has 0 aliphatic rings. The highest BCUT2D eigenvalue weighted by atomic mass is 32.2. The number of halogens is 1. The zero-order valence-electron chi connectivity index (χ0n) is 10.8. The van der Waals surface area contributed by atoms with E-state index in [1.165, 1.54) is 12.1 Å². The van der Waals surface area contributed by atoms with Crippen molar-refractivity contribution < 1.29 is 23.3 Å². The Labute approximate surface area is 117 Å². The van der Waals surface area contributed by atoms with Crippen LogP contribution in [0, 0.1) is 5.82 Å². The van der Waals surface area contributed by atoms with Gasteiger partial charge in [-0.1, -0.05) is 13.0 Å². The number of carbonyl (C=O) groups is 2. The predicted octanol–water partition coefficient (Wildman–Crippen LogP) is 1.41. The summed E-state index contributed by atoms with van der Waals surface area (Å²) in [4.78, 5) is 22.4. The second-order valence-electron chi connectivity index (χ2n) is 3.78. The maximum atomic E-state index is 13.4. The first kappa shape index (κ1) is 16.1. The van der Waals surface area contributed by atoms with E-state index in [1.54, 1.807) is 6.92 Å². The van der Waals surface area contributed by atoms with Gasteiger partial charge in [-0.15, -0.1) is 0 Å². The molecule has 1 aromatic rings. The molecule has 0 radical (unpaired) electrons. The Bertz CT molecular complexity index is 536. The third-order valence-electron chi connectivity index (χ3n) is 2.41. The Balaban J connectivity index is 2.65. The highest BCUT2D eigenvalue weighted by Crippen LogP contribution is 2.18. The molecule has 0 aromatic heterocycles. The summed E-state index contributed by atoms with van der Waals surface area (Å²) in [6.45, 7) is 1.95. The molecule has 1 atom stereocenters. The van der Waals surface area contributed by atoms with Gasteiger partial charge in [0.1, 0.15) is 11.4 Å². The monoisotopic (exact) mass is 302 g/mol. The van der Waals surface area contributed by atoms with Crippen molar-refractivity contribution in [1.82, 2.24) is 5.32 Å². The highest BCUT2D eigenvalue weighted by Gasteiger charge is 2.17. The van der Waals surface area contributed by atoms with Crippen molar-refractivity contribution in [2.24, 2.45) is 0 Å². The highest BCUT2D eigenvalue weighted by molar-refractivity contribution is 7.84. The summed E-state index contributed by atoms with van der Waals surface area (Å²) < 4.78 is 24.5. The quantitative estimate of drug-likeness (QED) is 0.740. The maximum absolute atomic E-state index is 13.4. The van der Waals surface area contributed by atoms with Gasteiger partial charge in [0.15, 0.2) is 0 Å². The first-order chi connectivity index (χ1) is 9.45. The van der Waals surface area contributed by atoms with Crippen LogP contribution in [0.1, 0.15) is 17.3 Å². The third-order valence-corrected chi connectivity index (χ3v) is 3.72. The zero-order chi connectivity index (χ0) is 15.1. The molecule has 3 N–H and O–H groups in total. The summed E-state index contributed by atoms with van der Waals surface area (Å²) in [7, 11) is -1.00. The van der Waals surface area contributed by atoms with Crippen LogP contribution in [0.4, 0.5) is 14.9 Å². The summed E-state index contributed by atoms with van der Waals surface area (Å²) in [6, 6.07) is 2.91. The molecule has 6 nitrogen and oxygen atoms in total. The third kappa shape index (κ3) is 4.61. The predicted molar refractivity (Wildman–Crippen MR) is 73.9 cm³/mol. The van der Waals surface area contributed by atoms with E-state index in [9.17, 15) is 18.2 Å². The zero-order valence-corrected chi connectivity index (χ0v) is 11.6. The van der Waals surface area contributed by atoms with E-state index >= 15 is 0 Å². The fraction of sp³-hybridized carbons (Fsp3) is 0.333. The van der Waals surface area contributed by atoms with Gasteiger partial charge in [-0.2, -0.15) is 0 Å². The average molecular weight is 302 g/mol. The first-order valence-corrected chi connectivity index (χ1v) is 7.36. The number of hydrogen-bond acceptors (Lipinski definition) is 3. The number of carboxylic acids is 1. The van der Waals surface area contributed by atoms with Crippen molar-refractivity contribution in [2.75, 3.05) is 23.4 Å². The van der Waals surface area contributed by atoms with Gasteiger partial charge in [0, 0.05) is 28.9 Å². The van der Waals surface area contributed by atoms with Crippen molar-refractivity contribution in [1.29, 1.82) is 0 Å². The number of hydrogen-bond donors (Lipinski definition) is 3. The normalized spacial score (nSPS) is 11.7. The molecule has 0 fully saturated rings. The lowest BCUT2D eigenvalue weighted by Crippen LogP contribution is -2.32. The van der Waals surface area contributed by atoms with Crippen LogP contribution in [0.3, 0.4) is 0 Å². The lowest BCUT2D eigenvalue weighted by Gasteiger charge is -2.10. The summed E-state index contributed by atoms with van der Waals surface area (Å²) in [5.74, 6) is -1.59. The van der Waals surface area contributed by atoms with Crippen LogP contribution in [0.25, 0.3) is 0 Å². The first-order valence-electron chi connectivity index (χ1n) is 5.87. The van der Waals surface area contributed by atoms with E-state index in [0.717, 1.165) is 6.07 Å². The van der Waals surface area contributed by atoms with Gasteiger partial charge in [0.05, 0.1) is 5.69 Å². The summed E-state index contributed by atoms with van der Waals surface area (Å²) in [5.41, 5.74) is -0.730. The number of nitrogens with one attached hydrogen (secondary N) is 2. The second kappa shape index (κ2) is 7.59. The smallest absolute Gasteiger partial charge is 0.340 e.